The molecule has 4 atom stereocenters. The minimum atomic E-state index is -3.94. The zero-order chi connectivity index (χ0) is 34.1. The van der Waals surface area contributed by atoms with E-state index < -0.39 is 28.0 Å². The number of hydrogen-bond acceptors (Lipinski definition) is 7. The van der Waals surface area contributed by atoms with Crippen LogP contribution in [0.5, 0.6) is 5.75 Å². The number of benzene rings is 2. The minimum absolute atomic E-state index is 0.00383. The third-order valence-corrected chi connectivity index (χ3v) is 11.1. The van der Waals surface area contributed by atoms with Crippen LogP contribution in [0.15, 0.2) is 47.4 Å². The quantitative estimate of drug-likeness (QED) is 0.381. The van der Waals surface area contributed by atoms with Gasteiger partial charge in [0.2, 0.25) is 15.9 Å². The van der Waals surface area contributed by atoms with Crippen molar-refractivity contribution in [3.8, 4) is 5.75 Å². The molecule has 2 aliphatic rings. The fourth-order valence-electron chi connectivity index (χ4n) is 6.21. The zero-order valence-electron chi connectivity index (χ0n) is 28.0. The molecule has 260 valence electrons. The lowest BCUT2D eigenvalue weighted by molar-refractivity contribution is -0.120. The lowest BCUT2D eigenvalue weighted by Crippen LogP contribution is -2.48. The Morgan fingerprint density at radius 1 is 1.06 bits per heavy atom. The van der Waals surface area contributed by atoms with Gasteiger partial charge in [-0.05, 0) is 88.4 Å². The summed E-state index contributed by atoms with van der Waals surface area (Å²) < 4.78 is 53.9. The molecule has 10 nitrogen and oxygen atoms in total. The van der Waals surface area contributed by atoms with Crippen LogP contribution in [0, 0.1) is 17.7 Å². The summed E-state index contributed by atoms with van der Waals surface area (Å²) in [5, 5.41) is 13.2. The van der Waals surface area contributed by atoms with E-state index in [9.17, 15) is 27.5 Å². The van der Waals surface area contributed by atoms with Gasteiger partial charge in [-0.25, -0.2) is 12.8 Å². The molecule has 0 radical (unpaired) electrons. The lowest BCUT2D eigenvalue weighted by atomic mass is 9.88. The van der Waals surface area contributed by atoms with Gasteiger partial charge in [-0.15, -0.1) is 0 Å². The molecule has 1 aliphatic carbocycles. The van der Waals surface area contributed by atoms with Crippen molar-refractivity contribution in [1.82, 2.24) is 9.21 Å². The molecule has 0 spiro atoms. The number of carbonyl (C=O) groups is 2. The Bertz CT molecular complexity index is 1450. The third-order valence-electron chi connectivity index (χ3n) is 9.25. The predicted octanol–water partition coefficient (Wildman–Crippen LogP) is 5.46. The van der Waals surface area contributed by atoms with Crippen LogP contribution in [0.2, 0.25) is 0 Å². The van der Waals surface area contributed by atoms with Crippen molar-refractivity contribution in [3.63, 3.8) is 0 Å². The van der Waals surface area contributed by atoms with Crippen molar-refractivity contribution in [2.45, 2.75) is 95.3 Å². The van der Waals surface area contributed by atoms with Crippen molar-refractivity contribution in [1.29, 1.82) is 0 Å². The maximum Gasteiger partial charge on any atom is 0.258 e. The highest BCUT2D eigenvalue weighted by molar-refractivity contribution is 7.89. The first-order valence-corrected chi connectivity index (χ1v) is 18.2. The number of hydrogen-bond donors (Lipinski definition) is 2. The molecule has 47 heavy (non-hydrogen) atoms. The number of sulfonamides is 1. The average Bonchev–Trinajstić information content (AvgIpc) is 3.06. The standard InChI is InChI=1S/C35H50FN3O7S/c1-24-21-39(25(2)23-40)35(42)31-20-29(37-34(41)27-11-6-5-7-12-27)15-18-32(31)46-26(3)10-8-9-19-45-33(24)22-38(4)47(43,44)30-16-13-28(36)14-17-30/h13-18,20,24-27,33,40H,5-12,19,21-23H2,1-4H3,(H,37,41)/t24-,25-,26+,33-/m1/s1. The molecule has 0 saturated heterocycles. The largest absolute Gasteiger partial charge is 0.490 e. The van der Waals surface area contributed by atoms with Crippen molar-refractivity contribution in [3.05, 3.63) is 53.8 Å². The third kappa shape index (κ3) is 9.74. The smallest absolute Gasteiger partial charge is 0.258 e. The maximum absolute atomic E-state index is 14.3. The molecule has 2 amide bonds. The van der Waals surface area contributed by atoms with E-state index in [1.54, 1.807) is 30.0 Å². The topological polar surface area (TPSA) is 125 Å². The summed E-state index contributed by atoms with van der Waals surface area (Å²) in [7, 11) is -2.48. The Labute approximate surface area is 278 Å². The molecule has 1 fully saturated rings. The summed E-state index contributed by atoms with van der Waals surface area (Å²) in [5.41, 5.74) is 0.778. The van der Waals surface area contributed by atoms with Gasteiger partial charge >= 0.3 is 0 Å². The fourth-order valence-corrected chi connectivity index (χ4v) is 7.39. The Kier molecular flexibility index (Phi) is 13.2. The number of rotatable bonds is 8. The van der Waals surface area contributed by atoms with Crippen molar-refractivity contribution in [2.75, 3.05) is 38.7 Å². The fraction of sp³-hybridized carbons (Fsp3) is 0.600. The van der Waals surface area contributed by atoms with Crippen LogP contribution < -0.4 is 10.1 Å². The lowest BCUT2D eigenvalue weighted by Gasteiger charge is -2.35. The summed E-state index contributed by atoms with van der Waals surface area (Å²) >= 11 is 0. The molecule has 2 aromatic rings. The van der Waals surface area contributed by atoms with Crippen LogP contribution in [-0.2, 0) is 19.6 Å². The molecule has 1 saturated carbocycles. The molecule has 2 N–H and O–H groups in total. The van der Waals surface area contributed by atoms with Crippen LogP contribution in [0.3, 0.4) is 0 Å². The highest BCUT2D eigenvalue weighted by Crippen LogP contribution is 2.30. The van der Waals surface area contributed by atoms with Gasteiger partial charge in [0.15, 0.2) is 0 Å². The van der Waals surface area contributed by atoms with E-state index >= 15 is 0 Å². The molecule has 1 aliphatic heterocycles. The Morgan fingerprint density at radius 3 is 2.43 bits per heavy atom. The van der Waals surface area contributed by atoms with Crippen LogP contribution in [0.4, 0.5) is 10.1 Å². The van der Waals surface area contributed by atoms with Gasteiger partial charge in [-0.1, -0.05) is 26.2 Å². The number of halogens is 1. The van der Waals surface area contributed by atoms with Gasteiger partial charge in [-0.2, -0.15) is 4.31 Å². The first-order valence-electron chi connectivity index (χ1n) is 16.8. The second kappa shape index (κ2) is 16.9. The summed E-state index contributed by atoms with van der Waals surface area (Å²) in [5.74, 6) is -0.968. The van der Waals surface area contributed by atoms with Gasteiger partial charge in [0.05, 0.1) is 35.3 Å². The monoisotopic (exact) mass is 675 g/mol. The number of amides is 2. The number of nitrogens with zero attached hydrogens (tertiary/aromatic N) is 2. The highest BCUT2D eigenvalue weighted by atomic mass is 32.2. The van der Waals surface area contributed by atoms with Crippen molar-refractivity contribution in [2.24, 2.45) is 11.8 Å². The first kappa shape index (κ1) is 36.8. The van der Waals surface area contributed by atoms with E-state index in [2.05, 4.69) is 5.32 Å². The van der Waals surface area contributed by atoms with E-state index in [0.717, 1.165) is 57.1 Å². The summed E-state index contributed by atoms with van der Waals surface area (Å²) in [6.07, 6.45) is 6.29. The average molecular weight is 676 g/mol. The van der Waals surface area contributed by atoms with Crippen molar-refractivity contribution >= 4 is 27.5 Å². The van der Waals surface area contributed by atoms with E-state index in [1.807, 2.05) is 13.8 Å². The summed E-state index contributed by atoms with van der Waals surface area (Å²) in [4.78, 5) is 28.9. The number of anilines is 1. The number of likely N-dealkylation sites (N-methyl/N-ethyl adjacent to an activating group) is 1. The van der Waals surface area contributed by atoms with Gasteiger partial charge in [0.1, 0.15) is 11.6 Å². The van der Waals surface area contributed by atoms with Gasteiger partial charge < -0.3 is 24.8 Å². The number of carbonyl (C=O) groups excluding carboxylic acids is 2. The second-order valence-electron chi connectivity index (χ2n) is 13.1. The predicted molar refractivity (Wildman–Crippen MR) is 178 cm³/mol. The van der Waals surface area contributed by atoms with E-state index in [4.69, 9.17) is 9.47 Å². The van der Waals surface area contributed by atoms with Crippen LogP contribution in [0.1, 0.15) is 82.5 Å². The van der Waals surface area contributed by atoms with E-state index in [-0.39, 0.29) is 59.9 Å². The summed E-state index contributed by atoms with van der Waals surface area (Å²) in [6, 6.07) is 9.22. The zero-order valence-corrected chi connectivity index (χ0v) is 28.8. The number of aliphatic hydroxyl groups is 1. The van der Waals surface area contributed by atoms with Gasteiger partial charge in [0, 0.05) is 44.3 Å². The molecular weight excluding hydrogens is 625 g/mol. The SMILES string of the molecule is C[C@@H]1CN([C@H](C)CO)C(=O)c2cc(NC(=O)C3CCCCC3)ccc2O[C@@H](C)CCCCO[C@@H]1CN(C)S(=O)(=O)c1ccc(F)cc1. The van der Waals surface area contributed by atoms with Crippen LogP contribution in [-0.4, -0.2) is 86.1 Å². The van der Waals surface area contributed by atoms with Crippen LogP contribution in [0.25, 0.3) is 0 Å². The van der Waals surface area contributed by atoms with E-state index in [0.29, 0.717) is 24.5 Å². The molecule has 0 aromatic heterocycles. The van der Waals surface area contributed by atoms with Crippen LogP contribution >= 0.6 is 0 Å². The van der Waals surface area contributed by atoms with Gasteiger partial charge in [0.25, 0.3) is 5.91 Å². The molecule has 0 unspecified atom stereocenters. The maximum atomic E-state index is 14.3. The second-order valence-corrected chi connectivity index (χ2v) is 15.1. The number of ether oxygens (including phenoxy) is 2. The normalized spacial score (nSPS) is 23.0. The number of nitrogens with one attached hydrogen (secondary N) is 1. The van der Waals surface area contributed by atoms with E-state index in [1.165, 1.54) is 23.5 Å². The molecular formula is C35H50FN3O7S. The molecule has 1 heterocycles. The van der Waals surface area contributed by atoms with Gasteiger partial charge in [-0.3, -0.25) is 9.59 Å². The highest BCUT2D eigenvalue weighted by Gasteiger charge is 2.33. The molecule has 4 rings (SSSR count). The first-order chi connectivity index (χ1) is 22.4. The Hall–Kier alpha value is -3.06. The molecule has 2 aromatic carbocycles. The van der Waals surface area contributed by atoms with Crippen molar-refractivity contribution < 1.29 is 37.0 Å². The number of fused-ring (bicyclic) bond motifs is 1. The Morgan fingerprint density at radius 2 is 1.74 bits per heavy atom. The molecule has 12 heteroatoms. The summed E-state index contributed by atoms with van der Waals surface area (Å²) in [6.45, 7) is 5.82. The number of aliphatic hydroxyl groups excluding tert-OH is 1. The Balaban J connectivity index is 1.62. The molecule has 0 bridgehead atoms. The minimum Gasteiger partial charge on any atom is -0.490 e.